The van der Waals surface area contributed by atoms with Crippen molar-refractivity contribution < 1.29 is 9.30 Å². The molecule has 94 valence electrons. The SMILES string of the molecule is COc1cc(P2(=O)CCN(C)CC2)ccc1N. The van der Waals surface area contributed by atoms with Crippen LogP contribution in [0.3, 0.4) is 0 Å². The number of nitrogen functional groups attached to an aromatic ring is 1. The summed E-state index contributed by atoms with van der Waals surface area (Å²) in [7, 11) is 1.41. The Bertz CT molecular complexity index is 450. The van der Waals surface area contributed by atoms with Crippen LogP contribution in [0.25, 0.3) is 0 Å². The second-order valence-electron chi connectivity index (χ2n) is 4.57. The largest absolute Gasteiger partial charge is 0.495 e. The van der Waals surface area contributed by atoms with Gasteiger partial charge in [-0.25, -0.2) is 0 Å². The summed E-state index contributed by atoms with van der Waals surface area (Å²) in [4.78, 5) is 2.21. The van der Waals surface area contributed by atoms with E-state index >= 15 is 0 Å². The molecule has 1 aromatic carbocycles. The summed E-state index contributed by atoms with van der Waals surface area (Å²) in [5, 5.41) is 0.900. The molecular weight excluding hydrogens is 235 g/mol. The molecule has 0 spiro atoms. The molecule has 0 aliphatic carbocycles. The molecular formula is C12H19N2O2P. The first-order valence-corrected chi connectivity index (χ1v) is 7.83. The highest BCUT2D eigenvalue weighted by Gasteiger charge is 2.29. The number of benzene rings is 1. The van der Waals surface area contributed by atoms with E-state index in [0.717, 1.165) is 30.7 Å². The number of anilines is 1. The molecule has 1 aromatic rings. The van der Waals surface area contributed by atoms with Gasteiger partial charge >= 0.3 is 0 Å². The maximum absolute atomic E-state index is 12.8. The lowest BCUT2D eigenvalue weighted by atomic mass is 10.3. The van der Waals surface area contributed by atoms with E-state index in [9.17, 15) is 4.57 Å². The van der Waals surface area contributed by atoms with Crippen molar-refractivity contribution in [3.63, 3.8) is 0 Å². The van der Waals surface area contributed by atoms with Gasteiger partial charge in [-0.15, -0.1) is 0 Å². The van der Waals surface area contributed by atoms with Crippen molar-refractivity contribution in [2.45, 2.75) is 0 Å². The number of hydrogen-bond acceptors (Lipinski definition) is 4. The van der Waals surface area contributed by atoms with Gasteiger partial charge in [0.1, 0.15) is 12.9 Å². The zero-order valence-electron chi connectivity index (χ0n) is 10.3. The molecule has 1 aliphatic heterocycles. The molecule has 0 bridgehead atoms. The second kappa shape index (κ2) is 4.71. The first-order chi connectivity index (χ1) is 8.05. The predicted octanol–water partition coefficient (Wildman–Crippen LogP) is 1.21. The molecule has 4 nitrogen and oxygen atoms in total. The van der Waals surface area contributed by atoms with Gasteiger partial charge in [0, 0.05) is 30.7 Å². The lowest BCUT2D eigenvalue weighted by Crippen LogP contribution is -2.34. The minimum absolute atomic E-state index is 0.594. The standard InChI is InChI=1S/C12H19N2O2P/c1-14-5-7-17(15,8-6-14)10-3-4-11(13)12(9-10)16-2/h3-4,9H,5-8,13H2,1-2H3. The Morgan fingerprint density at radius 2 is 2.00 bits per heavy atom. The normalized spacial score (nSPS) is 20.1. The quantitative estimate of drug-likeness (QED) is 0.636. The highest BCUT2D eigenvalue weighted by Crippen LogP contribution is 2.46. The van der Waals surface area contributed by atoms with E-state index in [2.05, 4.69) is 11.9 Å². The molecule has 2 rings (SSSR count). The van der Waals surface area contributed by atoms with Crippen LogP contribution < -0.4 is 15.8 Å². The molecule has 0 atom stereocenters. The summed E-state index contributed by atoms with van der Waals surface area (Å²) in [5.74, 6) is 0.622. The molecule has 1 fully saturated rings. The van der Waals surface area contributed by atoms with Crippen LogP contribution >= 0.6 is 7.14 Å². The van der Waals surface area contributed by atoms with E-state index in [-0.39, 0.29) is 0 Å². The predicted molar refractivity (Wildman–Crippen MR) is 71.9 cm³/mol. The Morgan fingerprint density at radius 3 is 2.59 bits per heavy atom. The van der Waals surface area contributed by atoms with Crippen molar-refractivity contribution in [2.24, 2.45) is 0 Å². The van der Waals surface area contributed by atoms with Crippen molar-refractivity contribution in [1.29, 1.82) is 0 Å². The van der Waals surface area contributed by atoms with Crippen LogP contribution in [0.2, 0.25) is 0 Å². The molecule has 1 saturated heterocycles. The molecule has 0 unspecified atom stereocenters. The third-order valence-electron chi connectivity index (χ3n) is 3.37. The summed E-state index contributed by atoms with van der Waals surface area (Å²) in [6.07, 6.45) is 1.49. The number of ether oxygens (including phenoxy) is 1. The Morgan fingerprint density at radius 1 is 1.35 bits per heavy atom. The van der Waals surface area contributed by atoms with Gasteiger partial charge in [0.25, 0.3) is 0 Å². The Hall–Kier alpha value is -0.990. The van der Waals surface area contributed by atoms with Gasteiger partial charge in [0.15, 0.2) is 0 Å². The van der Waals surface area contributed by atoms with Gasteiger partial charge in [-0.2, -0.15) is 0 Å². The fraction of sp³-hybridized carbons (Fsp3) is 0.500. The van der Waals surface area contributed by atoms with Crippen LogP contribution in [-0.4, -0.2) is 44.5 Å². The number of nitrogens with zero attached hydrogens (tertiary/aromatic N) is 1. The van der Waals surface area contributed by atoms with Crippen molar-refractivity contribution in [1.82, 2.24) is 4.90 Å². The highest BCUT2D eigenvalue weighted by atomic mass is 31.2. The van der Waals surface area contributed by atoms with Crippen molar-refractivity contribution in [3.05, 3.63) is 18.2 Å². The number of rotatable bonds is 2. The van der Waals surface area contributed by atoms with E-state index in [1.165, 1.54) is 0 Å². The van der Waals surface area contributed by atoms with E-state index in [4.69, 9.17) is 10.5 Å². The van der Waals surface area contributed by atoms with Crippen LogP contribution in [0, 0.1) is 0 Å². The maximum Gasteiger partial charge on any atom is 0.142 e. The van der Waals surface area contributed by atoms with E-state index < -0.39 is 7.14 Å². The molecule has 5 heteroatoms. The molecule has 1 heterocycles. The number of hydrogen-bond donors (Lipinski definition) is 1. The molecule has 17 heavy (non-hydrogen) atoms. The van der Waals surface area contributed by atoms with Gasteiger partial charge in [0.2, 0.25) is 0 Å². The van der Waals surface area contributed by atoms with Crippen molar-refractivity contribution in [2.75, 3.05) is 45.3 Å². The van der Waals surface area contributed by atoms with E-state index in [1.54, 1.807) is 13.2 Å². The van der Waals surface area contributed by atoms with Crippen LogP contribution in [0.5, 0.6) is 5.75 Å². The molecule has 0 saturated carbocycles. The van der Waals surface area contributed by atoms with Crippen molar-refractivity contribution >= 4 is 18.1 Å². The molecule has 0 aromatic heterocycles. The van der Waals surface area contributed by atoms with Crippen LogP contribution in [0.15, 0.2) is 18.2 Å². The Labute approximate surface area is 102 Å². The second-order valence-corrected chi connectivity index (χ2v) is 7.76. The maximum atomic E-state index is 12.8. The topological polar surface area (TPSA) is 55.6 Å². The Kier molecular flexibility index (Phi) is 3.45. The third-order valence-corrected chi connectivity index (χ3v) is 6.44. The number of methoxy groups -OCH3 is 1. The van der Waals surface area contributed by atoms with E-state index in [0.29, 0.717) is 11.4 Å². The lowest BCUT2D eigenvalue weighted by Gasteiger charge is -2.29. The van der Waals surface area contributed by atoms with E-state index in [1.807, 2.05) is 12.1 Å². The van der Waals surface area contributed by atoms with Gasteiger partial charge in [0.05, 0.1) is 12.8 Å². The van der Waals surface area contributed by atoms with Gasteiger partial charge in [-0.1, -0.05) is 0 Å². The lowest BCUT2D eigenvalue weighted by molar-refractivity contribution is 0.361. The monoisotopic (exact) mass is 254 g/mol. The zero-order chi connectivity index (χ0) is 12.5. The average Bonchev–Trinajstić information content (AvgIpc) is 2.34. The summed E-state index contributed by atoms with van der Waals surface area (Å²) in [6.45, 7) is 1.79. The van der Waals surface area contributed by atoms with Gasteiger partial charge in [-0.3, -0.25) is 0 Å². The van der Waals surface area contributed by atoms with Gasteiger partial charge in [-0.05, 0) is 25.2 Å². The average molecular weight is 254 g/mol. The fourth-order valence-electron chi connectivity index (χ4n) is 2.10. The zero-order valence-corrected chi connectivity index (χ0v) is 11.2. The third kappa shape index (κ3) is 2.48. The first kappa shape index (κ1) is 12.5. The molecule has 2 N–H and O–H groups in total. The minimum Gasteiger partial charge on any atom is -0.495 e. The van der Waals surface area contributed by atoms with Gasteiger partial charge < -0.3 is 19.9 Å². The first-order valence-electron chi connectivity index (χ1n) is 5.76. The van der Waals surface area contributed by atoms with Crippen molar-refractivity contribution in [3.8, 4) is 5.75 Å². The number of nitrogens with two attached hydrogens (primary N) is 1. The fourth-order valence-corrected chi connectivity index (χ4v) is 4.87. The minimum atomic E-state index is -2.24. The molecule has 0 radical (unpaired) electrons. The highest BCUT2D eigenvalue weighted by molar-refractivity contribution is 7.71. The molecule has 0 amide bonds. The summed E-state index contributed by atoms with van der Waals surface area (Å²) < 4.78 is 18.0. The van der Waals surface area contributed by atoms with Crippen LogP contribution in [-0.2, 0) is 4.57 Å². The van der Waals surface area contributed by atoms with Crippen LogP contribution in [0.4, 0.5) is 5.69 Å². The summed E-state index contributed by atoms with van der Waals surface area (Å²) in [6, 6.07) is 5.50. The molecule has 1 aliphatic rings. The summed E-state index contributed by atoms with van der Waals surface area (Å²) in [5.41, 5.74) is 6.37. The summed E-state index contributed by atoms with van der Waals surface area (Å²) >= 11 is 0. The Balaban J connectivity index is 2.30. The smallest absolute Gasteiger partial charge is 0.142 e. The van der Waals surface area contributed by atoms with Crippen LogP contribution in [0.1, 0.15) is 0 Å².